The van der Waals surface area contributed by atoms with Crippen LogP contribution < -0.4 is 11.1 Å². The Hall–Kier alpha value is -0.900. The van der Waals surface area contributed by atoms with Crippen molar-refractivity contribution in [3.8, 4) is 0 Å². The van der Waals surface area contributed by atoms with E-state index in [1.165, 1.54) is 5.56 Å². The van der Waals surface area contributed by atoms with E-state index in [0.717, 1.165) is 6.54 Å². The van der Waals surface area contributed by atoms with Crippen molar-refractivity contribution in [1.82, 2.24) is 5.32 Å². The number of nitrogens with two attached hydrogens (primary N) is 1. The number of hydrogen-bond acceptors (Lipinski definition) is 3. The lowest BCUT2D eigenvalue weighted by Crippen LogP contribution is -2.29. The van der Waals surface area contributed by atoms with Gasteiger partial charge < -0.3 is 15.8 Å². The molecule has 0 saturated heterocycles. The van der Waals surface area contributed by atoms with Gasteiger partial charge in [0.25, 0.3) is 0 Å². The molecule has 0 saturated carbocycles. The highest BCUT2D eigenvalue weighted by Gasteiger charge is 2.08. The Morgan fingerprint density at radius 3 is 2.64 bits per heavy atom. The predicted molar refractivity (Wildman–Crippen MR) is 58.1 cm³/mol. The summed E-state index contributed by atoms with van der Waals surface area (Å²) >= 11 is 0. The molecule has 3 nitrogen and oxygen atoms in total. The lowest BCUT2D eigenvalue weighted by molar-refractivity contribution is 0.167. The lowest BCUT2D eigenvalue weighted by Gasteiger charge is -2.17. The molecule has 0 radical (unpaired) electrons. The Morgan fingerprint density at radius 2 is 2.07 bits per heavy atom. The van der Waals surface area contributed by atoms with Crippen LogP contribution in [0.2, 0.25) is 0 Å². The van der Waals surface area contributed by atoms with Gasteiger partial charge in [-0.15, -0.1) is 0 Å². The zero-order valence-electron chi connectivity index (χ0n) is 8.57. The first-order valence-corrected chi connectivity index (χ1v) is 4.86. The first-order valence-electron chi connectivity index (χ1n) is 4.86. The third kappa shape index (κ3) is 3.46. The molecule has 0 spiro atoms. The average molecular weight is 194 g/mol. The van der Waals surface area contributed by atoms with Crippen molar-refractivity contribution >= 4 is 0 Å². The summed E-state index contributed by atoms with van der Waals surface area (Å²) in [5, 5.41) is 3.34. The molecular weight excluding hydrogens is 176 g/mol. The second-order valence-electron chi connectivity index (χ2n) is 3.16. The summed E-state index contributed by atoms with van der Waals surface area (Å²) in [6, 6.07) is 10.5. The number of nitrogens with one attached hydrogen (secondary N) is 1. The van der Waals surface area contributed by atoms with Gasteiger partial charge >= 0.3 is 0 Å². The molecule has 0 heterocycles. The molecule has 14 heavy (non-hydrogen) atoms. The van der Waals surface area contributed by atoms with Crippen LogP contribution >= 0.6 is 0 Å². The van der Waals surface area contributed by atoms with Gasteiger partial charge in [-0.1, -0.05) is 30.3 Å². The van der Waals surface area contributed by atoms with Gasteiger partial charge in [0, 0.05) is 20.2 Å². The van der Waals surface area contributed by atoms with Crippen LogP contribution in [0.3, 0.4) is 0 Å². The van der Waals surface area contributed by atoms with E-state index in [1.54, 1.807) is 7.11 Å². The molecule has 0 aromatic heterocycles. The van der Waals surface area contributed by atoms with E-state index < -0.39 is 0 Å². The Kier molecular flexibility index (Phi) is 5.22. The van der Waals surface area contributed by atoms with E-state index in [4.69, 9.17) is 10.5 Å². The minimum atomic E-state index is 0.241. The summed E-state index contributed by atoms with van der Waals surface area (Å²) in [6.07, 6.45) is 0. The van der Waals surface area contributed by atoms with Crippen LogP contribution in [0.5, 0.6) is 0 Å². The monoisotopic (exact) mass is 194 g/mol. The first kappa shape index (κ1) is 11.2. The molecule has 78 valence electrons. The summed E-state index contributed by atoms with van der Waals surface area (Å²) in [7, 11) is 1.71. The van der Waals surface area contributed by atoms with Crippen LogP contribution in [0.15, 0.2) is 30.3 Å². The molecule has 1 aromatic rings. The minimum Gasteiger partial charge on any atom is -0.383 e. The van der Waals surface area contributed by atoms with E-state index >= 15 is 0 Å². The van der Waals surface area contributed by atoms with Crippen LogP contribution in [-0.4, -0.2) is 26.8 Å². The van der Waals surface area contributed by atoms with Crippen LogP contribution in [0.25, 0.3) is 0 Å². The maximum absolute atomic E-state index is 5.45. The highest BCUT2D eigenvalue weighted by molar-refractivity contribution is 5.18. The summed E-state index contributed by atoms with van der Waals surface area (Å²) in [6.45, 7) is 2.12. The number of hydrogen-bond donors (Lipinski definition) is 2. The summed E-state index contributed by atoms with van der Waals surface area (Å²) in [5.74, 6) is 0. The van der Waals surface area contributed by atoms with Crippen molar-refractivity contribution in [2.24, 2.45) is 5.73 Å². The van der Waals surface area contributed by atoms with Gasteiger partial charge in [-0.05, 0) is 5.56 Å². The quantitative estimate of drug-likeness (QED) is 0.708. The van der Waals surface area contributed by atoms with E-state index in [1.807, 2.05) is 18.2 Å². The van der Waals surface area contributed by atoms with E-state index in [0.29, 0.717) is 13.2 Å². The Labute approximate surface area is 85.3 Å². The van der Waals surface area contributed by atoms with Crippen LogP contribution in [0.4, 0.5) is 0 Å². The maximum atomic E-state index is 5.45. The van der Waals surface area contributed by atoms with Gasteiger partial charge in [-0.2, -0.15) is 0 Å². The Balaban J connectivity index is 2.58. The molecule has 3 N–H and O–H groups in total. The molecule has 1 atom stereocenters. The van der Waals surface area contributed by atoms with Gasteiger partial charge in [-0.3, -0.25) is 0 Å². The highest BCUT2D eigenvalue weighted by atomic mass is 16.5. The average Bonchev–Trinajstić information content (AvgIpc) is 2.25. The molecular formula is C11H18N2O. The third-order valence-corrected chi connectivity index (χ3v) is 2.07. The Morgan fingerprint density at radius 1 is 1.36 bits per heavy atom. The highest BCUT2D eigenvalue weighted by Crippen LogP contribution is 2.11. The molecule has 0 aliphatic rings. The molecule has 0 aliphatic carbocycles. The molecule has 1 rings (SSSR count). The normalized spacial score (nSPS) is 12.7. The fraction of sp³-hybridized carbons (Fsp3) is 0.455. The zero-order chi connectivity index (χ0) is 10.2. The third-order valence-electron chi connectivity index (χ3n) is 2.07. The van der Waals surface area contributed by atoms with Gasteiger partial charge in [-0.25, -0.2) is 0 Å². The van der Waals surface area contributed by atoms with Crippen LogP contribution in [-0.2, 0) is 4.74 Å². The van der Waals surface area contributed by atoms with Crippen LogP contribution in [0.1, 0.15) is 11.6 Å². The maximum Gasteiger partial charge on any atom is 0.0657 e. The Bertz CT molecular complexity index is 238. The summed E-state index contributed by atoms with van der Waals surface area (Å²) in [5.41, 5.74) is 6.69. The van der Waals surface area contributed by atoms with Crippen molar-refractivity contribution in [3.63, 3.8) is 0 Å². The molecule has 3 heteroatoms. The first-order chi connectivity index (χ1) is 6.88. The van der Waals surface area contributed by atoms with Crippen LogP contribution in [0, 0.1) is 0 Å². The van der Waals surface area contributed by atoms with Gasteiger partial charge in [0.15, 0.2) is 0 Å². The number of ether oxygens (including phenoxy) is 1. The molecule has 1 aromatic carbocycles. The zero-order valence-corrected chi connectivity index (χ0v) is 8.57. The SMILES string of the molecule is COCC(NCCN)c1ccccc1. The fourth-order valence-corrected chi connectivity index (χ4v) is 1.38. The minimum absolute atomic E-state index is 0.241. The van der Waals surface area contributed by atoms with E-state index in [-0.39, 0.29) is 6.04 Å². The van der Waals surface area contributed by atoms with Gasteiger partial charge in [0.2, 0.25) is 0 Å². The molecule has 0 aliphatic heterocycles. The van der Waals surface area contributed by atoms with Crippen molar-refractivity contribution < 1.29 is 4.74 Å². The smallest absolute Gasteiger partial charge is 0.0657 e. The molecule has 0 amide bonds. The number of methoxy groups -OCH3 is 1. The lowest BCUT2D eigenvalue weighted by atomic mass is 10.1. The molecule has 0 fully saturated rings. The number of rotatable bonds is 6. The topological polar surface area (TPSA) is 47.3 Å². The largest absolute Gasteiger partial charge is 0.383 e. The van der Waals surface area contributed by atoms with Crippen molar-refractivity contribution in [1.29, 1.82) is 0 Å². The molecule has 1 unspecified atom stereocenters. The van der Waals surface area contributed by atoms with Gasteiger partial charge in [0.1, 0.15) is 0 Å². The fourth-order valence-electron chi connectivity index (χ4n) is 1.38. The van der Waals surface area contributed by atoms with E-state index in [2.05, 4.69) is 17.4 Å². The van der Waals surface area contributed by atoms with Crippen molar-refractivity contribution in [2.45, 2.75) is 6.04 Å². The van der Waals surface area contributed by atoms with Crippen molar-refractivity contribution in [2.75, 3.05) is 26.8 Å². The standard InChI is InChI=1S/C11H18N2O/c1-14-9-11(13-8-7-12)10-5-3-2-4-6-10/h2-6,11,13H,7-9,12H2,1H3. The van der Waals surface area contributed by atoms with Crippen molar-refractivity contribution in [3.05, 3.63) is 35.9 Å². The van der Waals surface area contributed by atoms with Gasteiger partial charge in [0.05, 0.1) is 12.6 Å². The second-order valence-corrected chi connectivity index (χ2v) is 3.16. The predicted octanol–water partition coefficient (Wildman–Crippen LogP) is 0.922. The summed E-state index contributed by atoms with van der Waals surface area (Å²) < 4.78 is 5.15. The second kappa shape index (κ2) is 6.54. The summed E-state index contributed by atoms with van der Waals surface area (Å²) in [4.78, 5) is 0. The van der Waals surface area contributed by atoms with E-state index in [9.17, 15) is 0 Å². The molecule has 0 bridgehead atoms. The number of benzene rings is 1.